The number of likely N-dealkylation sites (N-methyl/N-ethyl adjacent to an activating group) is 1. The summed E-state index contributed by atoms with van der Waals surface area (Å²) in [6.07, 6.45) is 1.06. The zero-order valence-electron chi connectivity index (χ0n) is 9.54. The first-order valence-electron chi connectivity index (χ1n) is 5.16. The van der Waals surface area contributed by atoms with Gasteiger partial charge in [0.15, 0.2) is 0 Å². The van der Waals surface area contributed by atoms with Crippen molar-refractivity contribution in [2.24, 2.45) is 0 Å². The monoisotopic (exact) mass is 205 g/mol. The SMILES string of the molecule is CCCOCCOCC(COC)NC. The highest BCUT2D eigenvalue weighted by atomic mass is 16.5. The fourth-order valence-corrected chi connectivity index (χ4v) is 1.01. The first-order chi connectivity index (χ1) is 6.85. The van der Waals surface area contributed by atoms with E-state index in [1.54, 1.807) is 7.11 Å². The fourth-order valence-electron chi connectivity index (χ4n) is 1.01. The van der Waals surface area contributed by atoms with Crippen LogP contribution in [0.2, 0.25) is 0 Å². The minimum Gasteiger partial charge on any atom is -0.383 e. The Labute approximate surface area is 86.9 Å². The molecule has 0 aliphatic rings. The molecule has 0 fully saturated rings. The van der Waals surface area contributed by atoms with Crippen LogP contribution in [0.3, 0.4) is 0 Å². The summed E-state index contributed by atoms with van der Waals surface area (Å²) in [6, 6.07) is 0.270. The van der Waals surface area contributed by atoms with Gasteiger partial charge in [0.1, 0.15) is 0 Å². The van der Waals surface area contributed by atoms with Crippen molar-refractivity contribution in [2.45, 2.75) is 19.4 Å². The standard InChI is InChI=1S/C10H23NO3/c1-4-5-13-6-7-14-9-10(11-2)8-12-3/h10-11H,4-9H2,1-3H3. The summed E-state index contributed by atoms with van der Waals surface area (Å²) in [5, 5.41) is 3.11. The average molecular weight is 205 g/mol. The van der Waals surface area contributed by atoms with E-state index in [1.165, 1.54) is 0 Å². The lowest BCUT2D eigenvalue weighted by Crippen LogP contribution is -2.35. The first kappa shape index (κ1) is 13.8. The summed E-state index contributed by atoms with van der Waals surface area (Å²) in [5.74, 6) is 0. The maximum Gasteiger partial charge on any atom is 0.0701 e. The Morgan fingerprint density at radius 3 is 2.36 bits per heavy atom. The number of methoxy groups -OCH3 is 1. The Morgan fingerprint density at radius 1 is 1.07 bits per heavy atom. The van der Waals surface area contributed by atoms with Crippen molar-refractivity contribution in [3.63, 3.8) is 0 Å². The summed E-state index contributed by atoms with van der Waals surface area (Å²) in [7, 11) is 3.59. The maximum absolute atomic E-state index is 5.42. The second-order valence-electron chi connectivity index (χ2n) is 3.13. The van der Waals surface area contributed by atoms with Crippen LogP contribution in [0.15, 0.2) is 0 Å². The van der Waals surface area contributed by atoms with E-state index in [-0.39, 0.29) is 6.04 Å². The van der Waals surface area contributed by atoms with Gasteiger partial charge in [-0.3, -0.25) is 0 Å². The third-order valence-electron chi connectivity index (χ3n) is 1.82. The highest BCUT2D eigenvalue weighted by Gasteiger charge is 2.04. The van der Waals surface area contributed by atoms with Gasteiger partial charge in [-0.2, -0.15) is 0 Å². The molecule has 0 saturated carbocycles. The maximum atomic E-state index is 5.42. The Morgan fingerprint density at radius 2 is 1.79 bits per heavy atom. The minimum atomic E-state index is 0.270. The third kappa shape index (κ3) is 8.44. The van der Waals surface area contributed by atoms with Crippen LogP contribution >= 0.6 is 0 Å². The molecule has 0 aliphatic carbocycles. The van der Waals surface area contributed by atoms with Crippen LogP contribution in [0.4, 0.5) is 0 Å². The predicted molar refractivity (Wildman–Crippen MR) is 56.7 cm³/mol. The highest BCUT2D eigenvalue weighted by molar-refractivity contribution is 4.61. The van der Waals surface area contributed by atoms with Crippen LogP contribution in [0, 0.1) is 0 Å². The molecule has 0 saturated heterocycles. The molecule has 0 aromatic heterocycles. The zero-order chi connectivity index (χ0) is 10.6. The van der Waals surface area contributed by atoms with Gasteiger partial charge < -0.3 is 19.5 Å². The molecule has 0 aliphatic heterocycles. The van der Waals surface area contributed by atoms with Gasteiger partial charge in [0, 0.05) is 13.7 Å². The molecule has 1 atom stereocenters. The van der Waals surface area contributed by atoms with Gasteiger partial charge in [0.25, 0.3) is 0 Å². The molecule has 0 spiro atoms. The van der Waals surface area contributed by atoms with E-state index in [4.69, 9.17) is 14.2 Å². The van der Waals surface area contributed by atoms with Crippen LogP contribution in [-0.2, 0) is 14.2 Å². The topological polar surface area (TPSA) is 39.7 Å². The van der Waals surface area contributed by atoms with Crippen molar-refractivity contribution in [1.29, 1.82) is 0 Å². The van der Waals surface area contributed by atoms with Crippen molar-refractivity contribution in [1.82, 2.24) is 5.32 Å². The van der Waals surface area contributed by atoms with Crippen molar-refractivity contribution >= 4 is 0 Å². The van der Waals surface area contributed by atoms with Crippen LogP contribution in [-0.4, -0.2) is 53.2 Å². The van der Waals surface area contributed by atoms with E-state index in [1.807, 2.05) is 7.05 Å². The minimum absolute atomic E-state index is 0.270. The summed E-state index contributed by atoms with van der Waals surface area (Å²) in [6.45, 7) is 5.58. The van der Waals surface area contributed by atoms with Gasteiger partial charge in [-0.05, 0) is 13.5 Å². The molecule has 0 rings (SSSR count). The molecule has 86 valence electrons. The number of nitrogens with one attached hydrogen (secondary N) is 1. The van der Waals surface area contributed by atoms with E-state index in [0.29, 0.717) is 26.4 Å². The van der Waals surface area contributed by atoms with E-state index >= 15 is 0 Å². The van der Waals surface area contributed by atoms with Gasteiger partial charge in [-0.15, -0.1) is 0 Å². The van der Waals surface area contributed by atoms with Crippen LogP contribution in [0.1, 0.15) is 13.3 Å². The summed E-state index contributed by atoms with van der Waals surface area (Å²) in [4.78, 5) is 0. The quantitative estimate of drug-likeness (QED) is 0.532. The predicted octanol–water partition coefficient (Wildman–Crippen LogP) is 0.664. The number of rotatable bonds is 10. The van der Waals surface area contributed by atoms with Crippen LogP contribution in [0.5, 0.6) is 0 Å². The van der Waals surface area contributed by atoms with Gasteiger partial charge in [-0.1, -0.05) is 6.92 Å². The van der Waals surface area contributed by atoms with Crippen LogP contribution in [0.25, 0.3) is 0 Å². The number of hydrogen-bond acceptors (Lipinski definition) is 4. The first-order valence-corrected chi connectivity index (χ1v) is 5.16. The summed E-state index contributed by atoms with van der Waals surface area (Å²) < 4.78 is 15.7. The molecule has 1 N–H and O–H groups in total. The molecular formula is C10H23NO3. The van der Waals surface area contributed by atoms with Crippen molar-refractivity contribution in [2.75, 3.05) is 47.2 Å². The Hall–Kier alpha value is -0.160. The molecule has 1 unspecified atom stereocenters. The van der Waals surface area contributed by atoms with E-state index in [9.17, 15) is 0 Å². The van der Waals surface area contributed by atoms with E-state index in [2.05, 4.69) is 12.2 Å². The lowest BCUT2D eigenvalue weighted by Gasteiger charge is -2.15. The van der Waals surface area contributed by atoms with Gasteiger partial charge in [-0.25, -0.2) is 0 Å². The van der Waals surface area contributed by atoms with Crippen molar-refractivity contribution in [3.05, 3.63) is 0 Å². The molecule has 14 heavy (non-hydrogen) atoms. The molecule has 0 amide bonds. The molecular weight excluding hydrogens is 182 g/mol. The smallest absolute Gasteiger partial charge is 0.0701 e. The molecule has 0 radical (unpaired) electrons. The lowest BCUT2D eigenvalue weighted by atomic mass is 10.3. The zero-order valence-corrected chi connectivity index (χ0v) is 9.54. The van der Waals surface area contributed by atoms with Crippen LogP contribution < -0.4 is 5.32 Å². The lowest BCUT2D eigenvalue weighted by molar-refractivity contribution is 0.0288. The number of ether oxygens (including phenoxy) is 3. The van der Waals surface area contributed by atoms with Gasteiger partial charge >= 0.3 is 0 Å². The Kier molecular flexibility index (Phi) is 10.8. The van der Waals surface area contributed by atoms with Gasteiger partial charge in [0.05, 0.1) is 32.5 Å². The second-order valence-corrected chi connectivity index (χ2v) is 3.13. The van der Waals surface area contributed by atoms with Gasteiger partial charge in [0.2, 0.25) is 0 Å². The molecule has 4 nitrogen and oxygen atoms in total. The molecule has 0 aromatic rings. The summed E-state index contributed by atoms with van der Waals surface area (Å²) >= 11 is 0. The molecule has 0 aromatic carbocycles. The second kappa shape index (κ2) is 10.9. The normalized spacial score (nSPS) is 13.1. The highest BCUT2D eigenvalue weighted by Crippen LogP contribution is 1.87. The molecule has 0 bridgehead atoms. The molecule has 0 heterocycles. The molecule has 4 heteroatoms. The fraction of sp³-hybridized carbons (Fsp3) is 1.00. The Balaban J connectivity index is 3.15. The average Bonchev–Trinajstić information content (AvgIpc) is 2.21. The largest absolute Gasteiger partial charge is 0.383 e. The number of hydrogen-bond donors (Lipinski definition) is 1. The van der Waals surface area contributed by atoms with Crippen molar-refractivity contribution < 1.29 is 14.2 Å². The summed E-state index contributed by atoms with van der Waals surface area (Å²) in [5.41, 5.74) is 0. The third-order valence-corrected chi connectivity index (χ3v) is 1.82. The van der Waals surface area contributed by atoms with E-state index < -0.39 is 0 Å². The van der Waals surface area contributed by atoms with E-state index in [0.717, 1.165) is 13.0 Å². The Bertz CT molecular complexity index is 112. The van der Waals surface area contributed by atoms with Crippen molar-refractivity contribution in [3.8, 4) is 0 Å².